The lowest BCUT2D eigenvalue weighted by Gasteiger charge is -2.33. The highest BCUT2D eigenvalue weighted by atomic mass is 16.4. The van der Waals surface area contributed by atoms with Crippen LogP contribution in [0.3, 0.4) is 0 Å². The van der Waals surface area contributed by atoms with Crippen LogP contribution >= 0.6 is 0 Å². The average Bonchev–Trinajstić information content (AvgIpc) is 2.72. The molecule has 1 aliphatic carbocycles. The Kier molecular flexibility index (Phi) is 4.19. The number of hydrogen-bond acceptors (Lipinski definition) is 6. The van der Waals surface area contributed by atoms with Gasteiger partial charge in [-0.2, -0.15) is 0 Å². The van der Waals surface area contributed by atoms with E-state index in [-0.39, 0.29) is 6.10 Å². The SMILES string of the molecule is CC(C)NCc1nnc(N(C)CC2CC(O)C2)o1. The fourth-order valence-electron chi connectivity index (χ4n) is 2.08. The average molecular weight is 254 g/mol. The molecule has 1 aromatic rings. The van der Waals surface area contributed by atoms with Crippen LogP contribution in [0.25, 0.3) is 0 Å². The molecule has 0 atom stereocenters. The second-order valence-corrected chi connectivity index (χ2v) is 5.39. The van der Waals surface area contributed by atoms with Crippen molar-refractivity contribution in [2.24, 2.45) is 5.92 Å². The van der Waals surface area contributed by atoms with Gasteiger partial charge in [-0.05, 0) is 18.8 Å². The fourth-order valence-corrected chi connectivity index (χ4v) is 2.08. The minimum absolute atomic E-state index is 0.114. The summed E-state index contributed by atoms with van der Waals surface area (Å²) in [5.74, 6) is 1.15. The Labute approximate surface area is 107 Å². The number of nitrogens with zero attached hydrogens (tertiary/aromatic N) is 3. The molecule has 18 heavy (non-hydrogen) atoms. The summed E-state index contributed by atoms with van der Waals surface area (Å²) in [5, 5.41) is 20.5. The highest BCUT2D eigenvalue weighted by Gasteiger charge is 2.29. The first-order chi connectivity index (χ1) is 8.54. The third-order valence-electron chi connectivity index (χ3n) is 3.19. The summed E-state index contributed by atoms with van der Waals surface area (Å²) in [5.41, 5.74) is 0. The predicted octanol–water partition coefficient (Wildman–Crippen LogP) is 0.775. The van der Waals surface area contributed by atoms with Crippen LogP contribution in [0.2, 0.25) is 0 Å². The number of rotatable bonds is 6. The largest absolute Gasteiger partial charge is 0.407 e. The van der Waals surface area contributed by atoms with E-state index in [0.29, 0.717) is 30.4 Å². The van der Waals surface area contributed by atoms with Gasteiger partial charge in [-0.1, -0.05) is 18.9 Å². The molecule has 1 heterocycles. The monoisotopic (exact) mass is 254 g/mol. The van der Waals surface area contributed by atoms with E-state index in [1.54, 1.807) is 0 Å². The first-order valence-electron chi connectivity index (χ1n) is 6.49. The lowest BCUT2D eigenvalue weighted by atomic mass is 9.82. The van der Waals surface area contributed by atoms with Crippen LogP contribution < -0.4 is 10.2 Å². The van der Waals surface area contributed by atoms with Gasteiger partial charge in [0.25, 0.3) is 0 Å². The molecule has 0 radical (unpaired) electrons. The minimum atomic E-state index is -0.114. The Hall–Kier alpha value is -1.14. The zero-order valence-corrected chi connectivity index (χ0v) is 11.3. The summed E-state index contributed by atoms with van der Waals surface area (Å²) < 4.78 is 5.57. The Morgan fingerprint density at radius 1 is 1.44 bits per heavy atom. The highest BCUT2D eigenvalue weighted by molar-refractivity contribution is 5.22. The molecule has 0 aromatic carbocycles. The summed E-state index contributed by atoms with van der Waals surface area (Å²) >= 11 is 0. The third kappa shape index (κ3) is 3.43. The van der Waals surface area contributed by atoms with Gasteiger partial charge in [-0.15, -0.1) is 5.10 Å². The highest BCUT2D eigenvalue weighted by Crippen LogP contribution is 2.28. The van der Waals surface area contributed by atoms with E-state index in [9.17, 15) is 5.11 Å². The standard InChI is InChI=1S/C12H22N4O2/c1-8(2)13-6-11-14-15-12(18-11)16(3)7-9-4-10(17)5-9/h8-10,13,17H,4-7H2,1-3H3. The Morgan fingerprint density at radius 3 is 2.78 bits per heavy atom. The quantitative estimate of drug-likeness (QED) is 0.781. The maximum absolute atomic E-state index is 9.25. The van der Waals surface area contributed by atoms with Crippen LogP contribution in [0.4, 0.5) is 6.01 Å². The van der Waals surface area contributed by atoms with Crippen molar-refractivity contribution in [3.05, 3.63) is 5.89 Å². The van der Waals surface area contributed by atoms with Gasteiger partial charge < -0.3 is 19.7 Å². The second kappa shape index (κ2) is 5.67. The molecule has 0 aliphatic heterocycles. The molecular formula is C12H22N4O2. The summed E-state index contributed by atoms with van der Waals surface area (Å²) in [6, 6.07) is 0.950. The van der Waals surface area contributed by atoms with E-state index in [4.69, 9.17) is 4.42 Å². The molecule has 6 nitrogen and oxygen atoms in total. The summed E-state index contributed by atoms with van der Waals surface area (Å²) in [4.78, 5) is 1.96. The normalized spacial score (nSPS) is 23.2. The molecule has 0 amide bonds. The summed E-state index contributed by atoms with van der Waals surface area (Å²) in [6.07, 6.45) is 1.64. The molecule has 1 aliphatic rings. The van der Waals surface area contributed by atoms with Gasteiger partial charge in [0.2, 0.25) is 5.89 Å². The van der Waals surface area contributed by atoms with Crippen molar-refractivity contribution >= 4 is 6.01 Å². The van der Waals surface area contributed by atoms with Crippen LogP contribution in [0.1, 0.15) is 32.6 Å². The zero-order valence-electron chi connectivity index (χ0n) is 11.3. The van der Waals surface area contributed by atoms with Crippen LogP contribution in [-0.4, -0.2) is 41.0 Å². The number of anilines is 1. The maximum atomic E-state index is 9.25. The van der Waals surface area contributed by atoms with Crippen LogP contribution in [-0.2, 0) is 6.54 Å². The van der Waals surface area contributed by atoms with Gasteiger partial charge >= 0.3 is 6.01 Å². The second-order valence-electron chi connectivity index (χ2n) is 5.39. The van der Waals surface area contributed by atoms with Crippen molar-refractivity contribution in [1.82, 2.24) is 15.5 Å². The number of aliphatic hydroxyl groups excluding tert-OH is 1. The van der Waals surface area contributed by atoms with Crippen LogP contribution in [0.15, 0.2) is 4.42 Å². The molecule has 102 valence electrons. The molecule has 0 spiro atoms. The van der Waals surface area contributed by atoms with E-state index in [1.807, 2.05) is 11.9 Å². The number of hydrogen-bond donors (Lipinski definition) is 2. The number of aromatic nitrogens is 2. The molecule has 0 saturated heterocycles. The fraction of sp³-hybridized carbons (Fsp3) is 0.833. The molecule has 1 fully saturated rings. The van der Waals surface area contributed by atoms with Crippen molar-refractivity contribution in [3.63, 3.8) is 0 Å². The van der Waals surface area contributed by atoms with Crippen molar-refractivity contribution in [3.8, 4) is 0 Å². The van der Waals surface area contributed by atoms with E-state index in [2.05, 4.69) is 29.4 Å². The van der Waals surface area contributed by atoms with Crippen LogP contribution in [0.5, 0.6) is 0 Å². The molecular weight excluding hydrogens is 232 g/mol. The first-order valence-corrected chi connectivity index (χ1v) is 6.49. The van der Waals surface area contributed by atoms with Gasteiger partial charge in [0.05, 0.1) is 12.6 Å². The van der Waals surface area contributed by atoms with Gasteiger partial charge in [-0.25, -0.2) is 0 Å². The Morgan fingerprint density at radius 2 is 2.17 bits per heavy atom. The minimum Gasteiger partial charge on any atom is -0.407 e. The van der Waals surface area contributed by atoms with Gasteiger partial charge in [0.15, 0.2) is 0 Å². The van der Waals surface area contributed by atoms with Gasteiger partial charge in [0, 0.05) is 19.6 Å². The van der Waals surface area contributed by atoms with Crippen LogP contribution in [0, 0.1) is 5.92 Å². The van der Waals surface area contributed by atoms with Crippen molar-refractivity contribution in [2.75, 3.05) is 18.5 Å². The van der Waals surface area contributed by atoms with Crippen molar-refractivity contribution < 1.29 is 9.52 Å². The van der Waals surface area contributed by atoms with E-state index < -0.39 is 0 Å². The predicted molar refractivity (Wildman–Crippen MR) is 68.3 cm³/mol. The summed E-state index contributed by atoms with van der Waals surface area (Å²) in [6.45, 7) is 5.60. The smallest absolute Gasteiger partial charge is 0.317 e. The lowest BCUT2D eigenvalue weighted by Crippen LogP contribution is -2.37. The topological polar surface area (TPSA) is 74.4 Å². The molecule has 6 heteroatoms. The van der Waals surface area contributed by atoms with Crippen molar-refractivity contribution in [1.29, 1.82) is 0 Å². The van der Waals surface area contributed by atoms with Gasteiger partial charge in [-0.3, -0.25) is 0 Å². The molecule has 1 aromatic heterocycles. The molecule has 0 unspecified atom stereocenters. The van der Waals surface area contributed by atoms with E-state index in [1.165, 1.54) is 0 Å². The number of nitrogens with one attached hydrogen (secondary N) is 1. The molecule has 1 saturated carbocycles. The summed E-state index contributed by atoms with van der Waals surface area (Å²) in [7, 11) is 1.94. The van der Waals surface area contributed by atoms with E-state index >= 15 is 0 Å². The van der Waals surface area contributed by atoms with E-state index in [0.717, 1.165) is 19.4 Å². The maximum Gasteiger partial charge on any atom is 0.317 e. The zero-order chi connectivity index (χ0) is 13.1. The Bertz CT molecular complexity index is 374. The number of aliphatic hydroxyl groups is 1. The van der Waals surface area contributed by atoms with Crippen molar-refractivity contribution in [2.45, 2.75) is 45.4 Å². The lowest BCUT2D eigenvalue weighted by molar-refractivity contribution is 0.0461. The molecule has 0 bridgehead atoms. The van der Waals surface area contributed by atoms with Gasteiger partial charge in [0.1, 0.15) is 0 Å². The molecule has 2 N–H and O–H groups in total. The first kappa shape index (κ1) is 13.3. The molecule has 2 rings (SSSR count). The Balaban J connectivity index is 1.81. The third-order valence-corrected chi connectivity index (χ3v) is 3.19.